The molecule has 0 fully saturated rings. The second kappa shape index (κ2) is 10.1. The van der Waals surface area contributed by atoms with E-state index in [1.165, 1.54) is 0 Å². The van der Waals surface area contributed by atoms with Gasteiger partial charge in [0.1, 0.15) is 0 Å². The molecule has 6 heavy (non-hydrogen) atoms. The third kappa shape index (κ3) is 37.5. The maximum atomic E-state index is 4.81. The van der Waals surface area contributed by atoms with Gasteiger partial charge in [-0.1, -0.05) is 34.8 Å². The first-order valence-corrected chi connectivity index (χ1v) is 1.96. The molecule has 0 saturated heterocycles. The largest absolute Gasteiger partial charge is 1.00 e. The first-order valence-electron chi connectivity index (χ1n) is 0.655. The van der Waals surface area contributed by atoms with Crippen molar-refractivity contribution in [3.05, 3.63) is 0 Å². The third-order valence-corrected chi connectivity index (χ3v) is 0. The van der Waals surface area contributed by atoms with Crippen molar-refractivity contribution >= 4 is 52.2 Å². The average Bonchev–Trinajstić information content (AvgIpc) is 0.811. The molecule has 0 rings (SSSR count). The third-order valence-electron chi connectivity index (χ3n) is 0. The molecule has 34 valence electrons. The van der Waals surface area contributed by atoms with Crippen LogP contribution in [0.1, 0.15) is 0 Å². The molecule has 0 N–H and O–H groups in total. The molecule has 0 aromatic carbocycles. The fourth-order valence-electron chi connectivity index (χ4n) is 0. The Labute approximate surface area is 74.8 Å². The van der Waals surface area contributed by atoms with E-state index in [0.29, 0.717) is 0 Å². The van der Waals surface area contributed by atoms with Crippen LogP contribution in [0.25, 0.3) is 0 Å². The van der Waals surface area contributed by atoms with Crippen molar-refractivity contribution in [2.75, 3.05) is 0 Å². The zero-order chi connectivity index (χ0) is 3.58. The number of hydrogen-bond acceptors (Lipinski definition) is 0. The topological polar surface area (TPSA) is 0 Å². The van der Waals surface area contributed by atoms with Gasteiger partial charge >= 0.3 is 18.9 Å². The summed E-state index contributed by atoms with van der Waals surface area (Å²) in [5.41, 5.74) is 0. The van der Waals surface area contributed by atoms with Crippen LogP contribution in [-0.4, -0.2) is 21.7 Å². The molecule has 5 heteroatoms. The molecule has 0 aromatic heterocycles. The van der Waals surface area contributed by atoms with Crippen LogP contribution in [0.5, 0.6) is 0 Å². The van der Waals surface area contributed by atoms with Crippen molar-refractivity contribution in [2.45, 2.75) is 4.30 Å². The number of hydrogen-bond donors (Lipinski definition) is 0. The summed E-state index contributed by atoms with van der Waals surface area (Å²) in [6, 6.07) is 0. The minimum Gasteiger partial charge on any atom is -0.0874 e. The molecule has 0 aliphatic heterocycles. The van der Waals surface area contributed by atoms with Crippen LogP contribution >= 0.6 is 34.8 Å². The Bertz CT molecular complexity index is 15.5. The average molecular weight is 157 g/mol. The molecule has 0 unspecified atom stereocenters. The zero-order valence-corrected chi connectivity index (χ0v) is 4.98. The molecule has 0 radical (unpaired) electrons. The van der Waals surface area contributed by atoms with E-state index < -0.39 is 4.30 Å². The summed E-state index contributed by atoms with van der Waals surface area (Å²) in [4.78, 5) is 0. The van der Waals surface area contributed by atoms with Crippen molar-refractivity contribution in [3.63, 3.8) is 0 Å². The first-order chi connectivity index (χ1) is 1.73. The molecule has 0 spiro atoms. The Morgan fingerprint density at radius 2 is 1.00 bits per heavy atom. The van der Waals surface area contributed by atoms with Crippen molar-refractivity contribution < 1.29 is 18.9 Å². The number of rotatable bonds is 0. The molecule has 0 amide bonds. The fourth-order valence-corrected chi connectivity index (χ4v) is 0. The predicted octanol–water partition coefficient (Wildman–Crippen LogP) is -2.46. The van der Waals surface area contributed by atoms with Crippen molar-refractivity contribution in [3.8, 4) is 0 Å². The molecular weight excluding hydrogens is 152 g/mol. The summed E-state index contributed by atoms with van der Waals surface area (Å²) < 4.78 is -0.750. The molecule has 0 bridgehead atoms. The summed E-state index contributed by atoms with van der Waals surface area (Å²) in [5.74, 6) is 0. The molecular formula is CH5AlCl3Li. The van der Waals surface area contributed by atoms with Crippen molar-refractivity contribution in [2.24, 2.45) is 0 Å². The van der Waals surface area contributed by atoms with Gasteiger partial charge in [0.25, 0.3) is 0 Å². The van der Waals surface area contributed by atoms with Gasteiger partial charge in [0.05, 0.1) is 0 Å². The molecule has 0 saturated carbocycles. The van der Waals surface area contributed by atoms with Gasteiger partial charge in [-0.15, -0.1) is 0 Å². The minimum atomic E-state index is -0.750. The molecule has 0 heterocycles. The van der Waals surface area contributed by atoms with Gasteiger partial charge < -0.3 is 0 Å². The Hall–Kier alpha value is 2.00. The van der Waals surface area contributed by atoms with E-state index in [9.17, 15) is 0 Å². The van der Waals surface area contributed by atoms with Gasteiger partial charge in [0.15, 0.2) is 4.30 Å². The van der Waals surface area contributed by atoms with Crippen LogP contribution in [0.4, 0.5) is 0 Å². The van der Waals surface area contributed by atoms with E-state index in [4.69, 9.17) is 34.8 Å². The molecule has 0 aromatic rings. The van der Waals surface area contributed by atoms with Gasteiger partial charge in [0, 0.05) is 17.4 Å². The maximum absolute atomic E-state index is 4.81. The van der Waals surface area contributed by atoms with Gasteiger partial charge in [0.2, 0.25) is 0 Å². The first kappa shape index (κ1) is 15.7. The van der Waals surface area contributed by atoms with E-state index in [2.05, 4.69) is 0 Å². The summed E-state index contributed by atoms with van der Waals surface area (Å²) in [5, 5.41) is 0. The Morgan fingerprint density at radius 3 is 1.00 bits per heavy atom. The van der Waals surface area contributed by atoms with Gasteiger partial charge in [-0.2, -0.15) is 0 Å². The summed E-state index contributed by atoms with van der Waals surface area (Å²) in [6.45, 7) is 0. The van der Waals surface area contributed by atoms with E-state index in [1.54, 1.807) is 0 Å². The minimum absolute atomic E-state index is 0. The summed E-state index contributed by atoms with van der Waals surface area (Å²) in [6.07, 6.45) is 0. The van der Waals surface area contributed by atoms with Gasteiger partial charge in [-0.25, -0.2) is 0 Å². The Morgan fingerprint density at radius 1 is 1.00 bits per heavy atom. The van der Waals surface area contributed by atoms with Crippen LogP contribution in [-0.2, 0) is 0 Å². The molecule has 0 atom stereocenters. The fraction of sp³-hybridized carbons (Fsp3) is 1.00. The monoisotopic (exact) mass is 156 g/mol. The Kier molecular flexibility index (Phi) is 26.3. The smallest absolute Gasteiger partial charge is 0.0874 e. The normalized spacial score (nSPS) is 6.00. The van der Waals surface area contributed by atoms with E-state index >= 15 is 0 Å². The maximum Gasteiger partial charge on any atom is 1.00 e. The van der Waals surface area contributed by atoms with Crippen LogP contribution in [0.15, 0.2) is 0 Å². The second-order valence-electron chi connectivity index (χ2n) is 0.247. The molecule has 0 aliphatic carbocycles. The van der Waals surface area contributed by atoms with E-state index in [-0.39, 0.29) is 36.2 Å². The van der Waals surface area contributed by atoms with Crippen molar-refractivity contribution in [1.29, 1.82) is 0 Å². The SMILES string of the molecule is ClC(Cl)Cl.[AlH4-].[Li+]. The summed E-state index contributed by atoms with van der Waals surface area (Å²) in [7, 11) is 0. The van der Waals surface area contributed by atoms with E-state index in [0.717, 1.165) is 0 Å². The standard InChI is InChI=1S/CHCl3.Al.Li.4H/c2-1(3)4;;;;;;/h1H;;;;;;/q;-1;+1;;;;. The second-order valence-corrected chi connectivity index (χ2v) is 2.23. The van der Waals surface area contributed by atoms with Gasteiger partial charge in [-0.3, -0.25) is 0 Å². The van der Waals surface area contributed by atoms with E-state index in [1.807, 2.05) is 0 Å². The van der Waals surface area contributed by atoms with Gasteiger partial charge in [-0.05, 0) is 0 Å². The predicted molar refractivity (Wildman–Crippen MR) is 32.7 cm³/mol. The molecule has 0 nitrogen and oxygen atoms in total. The number of halogens is 3. The Balaban J connectivity index is -0.0000000450. The van der Waals surface area contributed by atoms with Crippen LogP contribution in [0.2, 0.25) is 0 Å². The zero-order valence-electron chi connectivity index (χ0n) is 2.71. The van der Waals surface area contributed by atoms with Crippen LogP contribution in [0.3, 0.4) is 0 Å². The quantitative estimate of drug-likeness (QED) is 0.270. The number of alkyl halides is 3. The van der Waals surface area contributed by atoms with Crippen molar-refractivity contribution in [1.82, 2.24) is 0 Å². The van der Waals surface area contributed by atoms with Crippen LogP contribution in [0, 0.1) is 0 Å². The summed E-state index contributed by atoms with van der Waals surface area (Å²) >= 11 is 14.4. The molecule has 0 aliphatic rings. The van der Waals surface area contributed by atoms with Crippen LogP contribution < -0.4 is 18.9 Å².